The summed E-state index contributed by atoms with van der Waals surface area (Å²) in [6.45, 7) is 1.36. The van der Waals surface area contributed by atoms with Crippen molar-refractivity contribution >= 4 is 17.7 Å². The first kappa shape index (κ1) is 16.3. The maximum atomic E-state index is 12.7. The SMILES string of the molecule is N#Cc1cccc(C2CN(C(=O)C3(O)CCSCC3)CCO2)c1. The standard InChI is InChI=1S/C17H20N2O3S/c18-11-13-2-1-3-14(10-13)15-12-19(6-7-22-15)16(20)17(21)4-8-23-9-5-17/h1-3,10,15,21H,4-9,12H2. The first-order chi connectivity index (χ1) is 11.1. The Balaban J connectivity index is 1.73. The molecule has 122 valence electrons. The molecule has 2 fully saturated rings. The number of ether oxygens (including phenoxy) is 1. The van der Waals surface area contributed by atoms with Gasteiger partial charge in [-0.3, -0.25) is 4.79 Å². The summed E-state index contributed by atoms with van der Waals surface area (Å²) < 4.78 is 5.78. The molecule has 1 N–H and O–H groups in total. The fourth-order valence-corrected chi connectivity index (χ4v) is 4.23. The van der Waals surface area contributed by atoms with Gasteiger partial charge in [-0.15, -0.1) is 0 Å². The van der Waals surface area contributed by atoms with Crippen LogP contribution in [-0.2, 0) is 9.53 Å². The summed E-state index contributed by atoms with van der Waals surface area (Å²) in [5.41, 5.74) is 0.256. The van der Waals surface area contributed by atoms with Gasteiger partial charge in [-0.1, -0.05) is 12.1 Å². The number of carbonyl (C=O) groups excluding carboxylic acids is 1. The minimum absolute atomic E-state index is 0.178. The summed E-state index contributed by atoms with van der Waals surface area (Å²) in [6, 6.07) is 9.40. The molecule has 2 aliphatic heterocycles. The van der Waals surface area contributed by atoms with Crippen molar-refractivity contribution in [3.05, 3.63) is 35.4 Å². The van der Waals surface area contributed by atoms with E-state index in [9.17, 15) is 9.90 Å². The lowest BCUT2D eigenvalue weighted by Gasteiger charge is -2.39. The lowest BCUT2D eigenvalue weighted by molar-refractivity contribution is -0.159. The largest absolute Gasteiger partial charge is 0.380 e. The van der Waals surface area contributed by atoms with Crippen LogP contribution in [0.5, 0.6) is 0 Å². The summed E-state index contributed by atoms with van der Waals surface area (Å²) in [5, 5.41) is 19.7. The Bertz CT molecular complexity index is 623. The molecule has 0 aliphatic carbocycles. The minimum atomic E-state index is -1.22. The van der Waals surface area contributed by atoms with Gasteiger partial charge in [0.05, 0.1) is 24.8 Å². The first-order valence-corrected chi connectivity index (χ1v) is 8.99. The van der Waals surface area contributed by atoms with Crippen molar-refractivity contribution in [2.24, 2.45) is 0 Å². The van der Waals surface area contributed by atoms with E-state index in [4.69, 9.17) is 10.00 Å². The zero-order valence-corrected chi connectivity index (χ0v) is 13.7. The maximum absolute atomic E-state index is 12.7. The van der Waals surface area contributed by atoms with Gasteiger partial charge in [-0.05, 0) is 42.0 Å². The van der Waals surface area contributed by atoms with E-state index in [0.717, 1.165) is 17.1 Å². The first-order valence-electron chi connectivity index (χ1n) is 7.83. The Morgan fingerprint density at radius 1 is 1.43 bits per heavy atom. The molecule has 1 atom stereocenters. The Morgan fingerprint density at radius 3 is 2.96 bits per heavy atom. The average Bonchev–Trinajstić information content (AvgIpc) is 2.62. The topological polar surface area (TPSA) is 73.6 Å². The van der Waals surface area contributed by atoms with Crippen LogP contribution in [0.3, 0.4) is 0 Å². The van der Waals surface area contributed by atoms with Gasteiger partial charge in [0, 0.05) is 6.54 Å². The average molecular weight is 332 g/mol. The molecule has 23 heavy (non-hydrogen) atoms. The number of nitriles is 1. The number of hydrogen-bond donors (Lipinski definition) is 1. The number of nitrogens with zero attached hydrogens (tertiary/aromatic N) is 2. The highest BCUT2D eigenvalue weighted by atomic mass is 32.2. The fourth-order valence-electron chi connectivity index (χ4n) is 3.06. The second kappa shape index (κ2) is 6.91. The van der Waals surface area contributed by atoms with E-state index in [1.807, 2.05) is 12.1 Å². The van der Waals surface area contributed by atoms with Crippen LogP contribution >= 0.6 is 11.8 Å². The van der Waals surface area contributed by atoms with Gasteiger partial charge in [0.1, 0.15) is 11.7 Å². The molecule has 2 saturated heterocycles. The van der Waals surface area contributed by atoms with Crippen molar-refractivity contribution in [1.29, 1.82) is 5.26 Å². The third kappa shape index (κ3) is 3.52. The third-order valence-electron chi connectivity index (χ3n) is 4.46. The Kier molecular flexibility index (Phi) is 4.90. The van der Waals surface area contributed by atoms with Gasteiger partial charge in [0.15, 0.2) is 0 Å². The summed E-state index contributed by atoms with van der Waals surface area (Å²) in [6.07, 6.45) is 0.785. The second-order valence-corrected chi connectivity index (χ2v) is 7.22. The number of hydrogen-bond acceptors (Lipinski definition) is 5. The molecule has 0 bridgehead atoms. The van der Waals surface area contributed by atoms with Crippen molar-refractivity contribution in [2.75, 3.05) is 31.2 Å². The van der Waals surface area contributed by atoms with Gasteiger partial charge < -0.3 is 14.7 Å². The van der Waals surface area contributed by atoms with Crippen molar-refractivity contribution in [2.45, 2.75) is 24.5 Å². The van der Waals surface area contributed by atoms with Gasteiger partial charge in [0.25, 0.3) is 5.91 Å². The van der Waals surface area contributed by atoms with Crippen LogP contribution in [-0.4, -0.2) is 52.7 Å². The van der Waals surface area contributed by atoms with Gasteiger partial charge in [-0.2, -0.15) is 17.0 Å². The highest BCUT2D eigenvalue weighted by Gasteiger charge is 2.41. The highest BCUT2D eigenvalue weighted by molar-refractivity contribution is 7.99. The van der Waals surface area contributed by atoms with Crippen LogP contribution < -0.4 is 0 Å². The summed E-state index contributed by atoms with van der Waals surface area (Å²) in [4.78, 5) is 14.4. The Hall–Kier alpha value is -1.55. The molecule has 3 rings (SSSR count). The molecule has 1 aromatic carbocycles. The Morgan fingerprint density at radius 2 is 2.22 bits per heavy atom. The monoisotopic (exact) mass is 332 g/mol. The van der Waals surface area contributed by atoms with Crippen LogP contribution in [0.15, 0.2) is 24.3 Å². The van der Waals surface area contributed by atoms with E-state index in [1.54, 1.807) is 28.8 Å². The smallest absolute Gasteiger partial charge is 0.254 e. The molecule has 2 aliphatic rings. The van der Waals surface area contributed by atoms with E-state index in [0.29, 0.717) is 38.1 Å². The summed E-state index contributed by atoms with van der Waals surface area (Å²) in [7, 11) is 0. The van der Waals surface area contributed by atoms with Gasteiger partial charge in [-0.25, -0.2) is 0 Å². The lowest BCUT2D eigenvalue weighted by atomic mass is 9.94. The van der Waals surface area contributed by atoms with Crippen molar-refractivity contribution in [1.82, 2.24) is 4.90 Å². The highest BCUT2D eigenvalue weighted by Crippen LogP contribution is 2.31. The number of morpholine rings is 1. The predicted octanol–water partition coefficient (Wildman–Crippen LogP) is 1.72. The summed E-state index contributed by atoms with van der Waals surface area (Å²) in [5.74, 6) is 1.46. The molecule has 0 radical (unpaired) electrons. The number of thioether (sulfide) groups is 1. The molecular weight excluding hydrogens is 312 g/mol. The Labute approximate surface area is 140 Å². The van der Waals surface area contributed by atoms with Crippen molar-refractivity contribution in [3.63, 3.8) is 0 Å². The van der Waals surface area contributed by atoms with Crippen molar-refractivity contribution in [3.8, 4) is 6.07 Å². The van der Waals surface area contributed by atoms with Crippen LogP contribution in [0.25, 0.3) is 0 Å². The minimum Gasteiger partial charge on any atom is -0.380 e. The fraction of sp³-hybridized carbons (Fsp3) is 0.529. The molecule has 5 nitrogen and oxygen atoms in total. The summed E-state index contributed by atoms with van der Waals surface area (Å²) >= 11 is 1.78. The maximum Gasteiger partial charge on any atom is 0.254 e. The van der Waals surface area contributed by atoms with Gasteiger partial charge >= 0.3 is 0 Å². The van der Waals surface area contributed by atoms with E-state index in [2.05, 4.69) is 6.07 Å². The zero-order valence-electron chi connectivity index (χ0n) is 12.9. The number of aliphatic hydroxyl groups is 1. The van der Waals surface area contributed by atoms with Crippen LogP contribution in [0.4, 0.5) is 0 Å². The number of amides is 1. The number of benzene rings is 1. The molecule has 2 heterocycles. The van der Waals surface area contributed by atoms with Crippen LogP contribution in [0, 0.1) is 11.3 Å². The number of rotatable bonds is 2. The predicted molar refractivity (Wildman–Crippen MR) is 87.9 cm³/mol. The third-order valence-corrected chi connectivity index (χ3v) is 5.44. The quantitative estimate of drug-likeness (QED) is 0.892. The van der Waals surface area contributed by atoms with Gasteiger partial charge in [0.2, 0.25) is 0 Å². The zero-order chi connectivity index (χ0) is 16.3. The molecule has 0 saturated carbocycles. The second-order valence-electron chi connectivity index (χ2n) is 5.99. The van der Waals surface area contributed by atoms with E-state index in [-0.39, 0.29) is 12.0 Å². The number of carbonyl (C=O) groups is 1. The van der Waals surface area contributed by atoms with E-state index >= 15 is 0 Å². The molecule has 1 amide bonds. The molecule has 0 spiro atoms. The van der Waals surface area contributed by atoms with E-state index < -0.39 is 5.60 Å². The van der Waals surface area contributed by atoms with Crippen molar-refractivity contribution < 1.29 is 14.6 Å². The molecule has 6 heteroatoms. The normalized spacial score (nSPS) is 24.0. The molecule has 1 aromatic rings. The molecule has 0 aromatic heterocycles. The van der Waals surface area contributed by atoms with Crippen LogP contribution in [0.1, 0.15) is 30.1 Å². The molecule has 1 unspecified atom stereocenters. The van der Waals surface area contributed by atoms with E-state index in [1.165, 1.54) is 0 Å². The molecular formula is C17H20N2O3S. The van der Waals surface area contributed by atoms with Crippen LogP contribution in [0.2, 0.25) is 0 Å². The lowest BCUT2D eigenvalue weighted by Crippen LogP contribution is -2.54.